The third-order valence-electron chi connectivity index (χ3n) is 2.22. The molecule has 5 nitrogen and oxygen atoms in total. The largest absolute Gasteiger partial charge is 0.461 e. The number of hydrogen-bond acceptors (Lipinski definition) is 5. The number of carbonyl (C=O) groups excluding carboxylic acids is 1. The summed E-state index contributed by atoms with van der Waals surface area (Å²) in [6.07, 6.45) is 4.56. The first-order valence-electron chi connectivity index (χ1n) is 5.50. The molecule has 0 bridgehead atoms. The van der Waals surface area contributed by atoms with Gasteiger partial charge in [-0.2, -0.15) is 0 Å². The highest BCUT2D eigenvalue weighted by Gasteiger charge is 2.19. The van der Waals surface area contributed by atoms with Crippen molar-refractivity contribution >= 4 is 28.6 Å². The first-order valence-corrected chi connectivity index (χ1v) is 5.94. The van der Waals surface area contributed by atoms with Gasteiger partial charge in [-0.25, -0.2) is 9.78 Å². The van der Waals surface area contributed by atoms with E-state index in [1.165, 1.54) is 12.3 Å². The van der Waals surface area contributed by atoms with Gasteiger partial charge >= 0.3 is 5.97 Å². The van der Waals surface area contributed by atoms with Crippen molar-refractivity contribution in [2.75, 3.05) is 6.61 Å². The number of fused-ring (bicyclic) bond motifs is 1. The molecule has 0 aliphatic carbocycles. The molecule has 2 aromatic rings. The molecule has 1 aromatic heterocycles. The molecular formula is C13H11ClN2O3. The van der Waals surface area contributed by atoms with Gasteiger partial charge < -0.3 is 9.47 Å². The maximum atomic E-state index is 11.5. The minimum atomic E-state index is -1.24. The second kappa shape index (κ2) is 6.15. The van der Waals surface area contributed by atoms with Crippen molar-refractivity contribution < 1.29 is 14.3 Å². The molecule has 0 spiro atoms. The van der Waals surface area contributed by atoms with Gasteiger partial charge in [0.1, 0.15) is 17.9 Å². The lowest BCUT2D eigenvalue weighted by Gasteiger charge is -2.12. The zero-order chi connectivity index (χ0) is 13.7. The number of carbonyl (C=O) groups is 1. The molecule has 0 aliphatic rings. The summed E-state index contributed by atoms with van der Waals surface area (Å²) in [6, 6.07) is 5.19. The number of esters is 1. The van der Waals surface area contributed by atoms with Gasteiger partial charge in [0, 0.05) is 12.4 Å². The fraction of sp³-hybridized carbons (Fsp3) is 0.154. The fourth-order valence-electron chi connectivity index (χ4n) is 1.43. The quantitative estimate of drug-likeness (QED) is 0.477. The van der Waals surface area contributed by atoms with E-state index in [0.717, 1.165) is 0 Å². The number of hydrogen-bond donors (Lipinski definition) is 0. The van der Waals surface area contributed by atoms with Gasteiger partial charge in [0.25, 0.3) is 5.56 Å². The number of alkyl halides is 1. The molecule has 6 heteroatoms. The van der Waals surface area contributed by atoms with Gasteiger partial charge in [-0.15, -0.1) is 0 Å². The number of ether oxygens (including phenoxy) is 2. The molecule has 0 saturated heterocycles. The molecule has 0 N–H and O–H groups in total. The summed E-state index contributed by atoms with van der Waals surface area (Å²) in [5.74, 6) is -0.302. The predicted molar refractivity (Wildman–Crippen MR) is 71.0 cm³/mol. The summed E-state index contributed by atoms with van der Waals surface area (Å²) in [7, 11) is 0. The highest BCUT2D eigenvalue weighted by atomic mass is 35.5. The molecule has 0 aliphatic heterocycles. The molecular weight excluding hydrogens is 268 g/mol. The predicted octanol–water partition coefficient (Wildman–Crippen LogP) is 2.30. The minimum absolute atomic E-state index is 0.0841. The lowest BCUT2D eigenvalue weighted by Crippen LogP contribution is -2.24. The summed E-state index contributed by atoms with van der Waals surface area (Å²) < 4.78 is 10.1. The van der Waals surface area contributed by atoms with Crippen LogP contribution in [-0.4, -0.2) is 28.1 Å². The van der Waals surface area contributed by atoms with E-state index < -0.39 is 11.5 Å². The smallest absolute Gasteiger partial charge is 0.363 e. The summed E-state index contributed by atoms with van der Waals surface area (Å²) in [4.78, 5) is 19.7. The Balaban J connectivity index is 2.17. The zero-order valence-corrected chi connectivity index (χ0v) is 10.7. The van der Waals surface area contributed by atoms with Gasteiger partial charge in [0.2, 0.25) is 0 Å². The van der Waals surface area contributed by atoms with Crippen LogP contribution in [0.5, 0.6) is 5.75 Å². The average molecular weight is 279 g/mol. The van der Waals surface area contributed by atoms with Gasteiger partial charge in [-0.05, 0) is 12.1 Å². The molecule has 1 heterocycles. The Bertz CT molecular complexity index is 598. The number of benzene rings is 1. The summed E-state index contributed by atoms with van der Waals surface area (Å²) in [6.45, 7) is 3.52. The number of para-hydroxylation sites is 1. The van der Waals surface area contributed by atoms with Crippen molar-refractivity contribution in [1.29, 1.82) is 0 Å². The third-order valence-corrected chi connectivity index (χ3v) is 2.49. The van der Waals surface area contributed by atoms with Crippen LogP contribution in [0.1, 0.15) is 0 Å². The fourth-order valence-corrected chi connectivity index (χ4v) is 1.59. The van der Waals surface area contributed by atoms with Gasteiger partial charge in [-0.3, -0.25) is 4.98 Å². The average Bonchev–Trinajstić information content (AvgIpc) is 2.45. The molecule has 19 heavy (non-hydrogen) atoms. The van der Waals surface area contributed by atoms with E-state index in [0.29, 0.717) is 16.8 Å². The SMILES string of the molecule is C=CCOC(=O)C(Cl)Oc1cccc2nccnc12. The summed E-state index contributed by atoms with van der Waals surface area (Å²) in [5.41, 5.74) is -0.0527. The normalized spacial score (nSPS) is 11.8. The van der Waals surface area contributed by atoms with E-state index in [2.05, 4.69) is 16.5 Å². The third kappa shape index (κ3) is 3.20. The lowest BCUT2D eigenvalue weighted by molar-refractivity contribution is -0.146. The number of nitrogens with zero attached hydrogens (tertiary/aromatic N) is 2. The maximum Gasteiger partial charge on any atom is 0.363 e. The number of aromatic nitrogens is 2. The van der Waals surface area contributed by atoms with E-state index in [1.807, 2.05) is 0 Å². The number of halogens is 1. The zero-order valence-electron chi connectivity index (χ0n) is 9.95. The summed E-state index contributed by atoms with van der Waals surface area (Å²) in [5, 5.41) is 0. The van der Waals surface area contributed by atoms with E-state index in [-0.39, 0.29) is 6.61 Å². The van der Waals surface area contributed by atoms with Crippen molar-refractivity contribution in [3.05, 3.63) is 43.2 Å². The van der Waals surface area contributed by atoms with Crippen LogP contribution in [0.25, 0.3) is 11.0 Å². The molecule has 2 rings (SSSR count). The maximum absolute atomic E-state index is 11.5. The van der Waals surface area contributed by atoms with Gasteiger partial charge in [-0.1, -0.05) is 30.3 Å². The van der Waals surface area contributed by atoms with Crippen LogP contribution in [-0.2, 0) is 9.53 Å². The molecule has 0 fully saturated rings. The van der Waals surface area contributed by atoms with E-state index in [4.69, 9.17) is 21.1 Å². The Morgan fingerprint density at radius 1 is 1.42 bits per heavy atom. The topological polar surface area (TPSA) is 61.3 Å². The molecule has 98 valence electrons. The Hall–Kier alpha value is -2.14. The van der Waals surface area contributed by atoms with Gasteiger partial charge in [0.05, 0.1) is 5.52 Å². The Morgan fingerprint density at radius 3 is 3.00 bits per heavy atom. The van der Waals surface area contributed by atoms with E-state index in [9.17, 15) is 4.79 Å². The van der Waals surface area contributed by atoms with Crippen LogP contribution in [0.2, 0.25) is 0 Å². The molecule has 0 amide bonds. The van der Waals surface area contributed by atoms with Crippen molar-refractivity contribution in [1.82, 2.24) is 9.97 Å². The minimum Gasteiger partial charge on any atom is -0.461 e. The standard InChI is InChI=1S/C13H11ClN2O3/c1-2-8-18-13(17)12(14)19-10-5-3-4-9-11(10)16-7-6-15-9/h2-7,12H,1,8H2. The Kier molecular flexibility index (Phi) is 4.30. The van der Waals surface area contributed by atoms with Crippen LogP contribution in [0, 0.1) is 0 Å². The highest BCUT2D eigenvalue weighted by Crippen LogP contribution is 2.23. The summed E-state index contributed by atoms with van der Waals surface area (Å²) >= 11 is 5.82. The first-order chi connectivity index (χ1) is 9.22. The second-order valence-corrected chi connectivity index (χ2v) is 3.93. The van der Waals surface area contributed by atoms with Crippen molar-refractivity contribution in [2.24, 2.45) is 0 Å². The number of rotatable bonds is 5. The van der Waals surface area contributed by atoms with Crippen LogP contribution in [0.3, 0.4) is 0 Å². The van der Waals surface area contributed by atoms with Gasteiger partial charge in [0.15, 0.2) is 0 Å². The highest BCUT2D eigenvalue weighted by molar-refractivity contribution is 6.29. The molecule has 1 atom stereocenters. The molecule has 1 aromatic carbocycles. The van der Waals surface area contributed by atoms with E-state index in [1.54, 1.807) is 24.4 Å². The van der Waals surface area contributed by atoms with Crippen LogP contribution < -0.4 is 4.74 Å². The Labute approximate surface area is 114 Å². The van der Waals surface area contributed by atoms with Crippen molar-refractivity contribution in [3.8, 4) is 5.75 Å². The van der Waals surface area contributed by atoms with Crippen molar-refractivity contribution in [3.63, 3.8) is 0 Å². The molecule has 0 radical (unpaired) electrons. The van der Waals surface area contributed by atoms with Crippen LogP contribution in [0.4, 0.5) is 0 Å². The first kappa shape index (κ1) is 13.3. The Morgan fingerprint density at radius 2 is 2.21 bits per heavy atom. The van der Waals surface area contributed by atoms with E-state index >= 15 is 0 Å². The lowest BCUT2D eigenvalue weighted by atomic mass is 10.3. The van der Waals surface area contributed by atoms with Crippen molar-refractivity contribution in [2.45, 2.75) is 5.56 Å². The van der Waals surface area contributed by atoms with Crippen LogP contribution >= 0.6 is 11.6 Å². The monoisotopic (exact) mass is 278 g/mol. The second-order valence-electron chi connectivity index (χ2n) is 3.53. The molecule has 0 saturated carbocycles. The van der Waals surface area contributed by atoms with Crippen LogP contribution in [0.15, 0.2) is 43.2 Å². The molecule has 1 unspecified atom stereocenters.